The molecule has 7 heteroatoms. The van der Waals surface area contributed by atoms with Crippen molar-refractivity contribution in [1.82, 2.24) is 0 Å². The summed E-state index contributed by atoms with van der Waals surface area (Å²) in [5.41, 5.74) is 0. The SMILES string of the molecule is CC1(C(Cl)Cl)SCCCS1.SCC(S)S. The monoisotopic (exact) mass is 342 g/mol. The number of thiol groups is 3. The first kappa shape index (κ1) is 17.3. The van der Waals surface area contributed by atoms with Gasteiger partial charge in [-0.15, -0.1) is 46.7 Å². The van der Waals surface area contributed by atoms with E-state index in [2.05, 4.69) is 44.8 Å². The molecule has 0 nitrogen and oxygen atoms in total. The van der Waals surface area contributed by atoms with E-state index < -0.39 is 0 Å². The van der Waals surface area contributed by atoms with E-state index in [1.807, 2.05) is 23.5 Å². The number of thioether (sulfide) groups is 2. The molecule has 1 saturated heterocycles. The Labute approximate surface area is 128 Å². The Morgan fingerprint density at radius 1 is 1.27 bits per heavy atom. The summed E-state index contributed by atoms with van der Waals surface area (Å²) < 4.78 is 0.180. The third-order valence-corrected chi connectivity index (χ3v) is 7.63. The normalized spacial score (nSPS) is 20.0. The number of hydrogen-bond acceptors (Lipinski definition) is 5. The molecule has 0 atom stereocenters. The van der Waals surface area contributed by atoms with Gasteiger partial charge in [-0.3, -0.25) is 0 Å². The van der Waals surface area contributed by atoms with Crippen LogP contribution in [-0.2, 0) is 0 Å². The van der Waals surface area contributed by atoms with Gasteiger partial charge in [-0.2, -0.15) is 37.9 Å². The second-order valence-corrected chi connectivity index (χ2v) is 9.49. The van der Waals surface area contributed by atoms with Crippen LogP contribution in [0.2, 0.25) is 0 Å². The van der Waals surface area contributed by atoms with Crippen molar-refractivity contribution in [1.29, 1.82) is 0 Å². The number of rotatable bonds is 2. The highest BCUT2D eigenvalue weighted by Gasteiger charge is 2.34. The van der Waals surface area contributed by atoms with Gasteiger partial charge in [-0.25, -0.2) is 0 Å². The van der Waals surface area contributed by atoms with Crippen LogP contribution in [0.4, 0.5) is 0 Å². The Bertz CT molecular complexity index is 159. The maximum absolute atomic E-state index is 5.82. The summed E-state index contributed by atoms with van der Waals surface area (Å²) in [6.45, 7) is 2.12. The molecule has 1 aliphatic rings. The molecule has 0 amide bonds. The Morgan fingerprint density at radius 3 is 1.87 bits per heavy atom. The second kappa shape index (κ2) is 9.29. The van der Waals surface area contributed by atoms with Crippen molar-refractivity contribution in [3.05, 3.63) is 0 Å². The van der Waals surface area contributed by atoms with E-state index in [-0.39, 0.29) is 13.5 Å². The Hall–Kier alpha value is 2.33. The third kappa shape index (κ3) is 8.11. The molecule has 0 unspecified atom stereocenters. The molecule has 92 valence electrons. The quantitative estimate of drug-likeness (QED) is 0.384. The molecule has 0 bridgehead atoms. The largest absolute Gasteiger partial charge is 0.177 e. The summed E-state index contributed by atoms with van der Waals surface area (Å²) in [5.74, 6) is 3.12. The summed E-state index contributed by atoms with van der Waals surface area (Å²) in [6, 6.07) is 0. The van der Waals surface area contributed by atoms with Crippen molar-refractivity contribution >= 4 is 84.6 Å². The molecule has 1 aliphatic heterocycles. The van der Waals surface area contributed by atoms with Crippen LogP contribution in [0.15, 0.2) is 0 Å². The van der Waals surface area contributed by atoms with E-state index in [1.165, 1.54) is 17.9 Å². The molecule has 0 aromatic rings. The summed E-state index contributed by atoms with van der Waals surface area (Å²) >= 11 is 27.0. The zero-order chi connectivity index (χ0) is 11.9. The van der Waals surface area contributed by atoms with Crippen LogP contribution in [0.3, 0.4) is 0 Å². The lowest BCUT2D eigenvalue weighted by Crippen LogP contribution is -2.28. The van der Waals surface area contributed by atoms with Crippen molar-refractivity contribution in [2.75, 3.05) is 17.3 Å². The second-order valence-electron chi connectivity index (χ2n) is 3.03. The topological polar surface area (TPSA) is 0 Å². The van der Waals surface area contributed by atoms with Crippen LogP contribution in [0.1, 0.15) is 13.3 Å². The maximum atomic E-state index is 5.82. The maximum Gasteiger partial charge on any atom is 0.131 e. The van der Waals surface area contributed by atoms with E-state index in [0.717, 1.165) is 5.75 Å². The Morgan fingerprint density at radius 2 is 1.67 bits per heavy atom. The van der Waals surface area contributed by atoms with Crippen LogP contribution in [0.5, 0.6) is 0 Å². The van der Waals surface area contributed by atoms with E-state index in [0.29, 0.717) is 0 Å². The Balaban J connectivity index is 0.000000336. The first-order valence-electron chi connectivity index (χ1n) is 4.45. The van der Waals surface area contributed by atoms with Crippen LogP contribution >= 0.6 is 84.6 Å². The van der Waals surface area contributed by atoms with Crippen LogP contribution < -0.4 is 0 Å². The van der Waals surface area contributed by atoms with Gasteiger partial charge in [0.25, 0.3) is 0 Å². The molecule has 15 heavy (non-hydrogen) atoms. The van der Waals surface area contributed by atoms with Gasteiger partial charge in [0.2, 0.25) is 0 Å². The lowest BCUT2D eigenvalue weighted by Gasteiger charge is -2.33. The molecular formula is C8H16Cl2S5. The number of hydrogen-bond donors (Lipinski definition) is 3. The minimum Gasteiger partial charge on any atom is -0.177 e. The fourth-order valence-corrected chi connectivity index (χ4v) is 4.19. The smallest absolute Gasteiger partial charge is 0.131 e. The first-order valence-corrected chi connectivity index (χ1v) is 8.96. The minimum absolute atomic E-state index is 0.0430. The standard InChI is InChI=1S/C6H10Cl2S2.C2H6S3/c1-6(5(7)8)9-3-2-4-10-6;3-1-2(4)5/h5H,2-4H2,1H3;2-5H,1H2. The van der Waals surface area contributed by atoms with Crippen molar-refractivity contribution in [3.63, 3.8) is 0 Å². The molecule has 0 aromatic heterocycles. The summed E-state index contributed by atoms with van der Waals surface area (Å²) in [5, 5.41) is 0. The summed E-state index contributed by atoms with van der Waals surface area (Å²) in [6.07, 6.45) is 1.28. The van der Waals surface area contributed by atoms with Gasteiger partial charge < -0.3 is 0 Å². The predicted molar refractivity (Wildman–Crippen MR) is 89.0 cm³/mol. The number of alkyl halides is 2. The van der Waals surface area contributed by atoms with Crippen molar-refractivity contribution in [2.45, 2.75) is 26.8 Å². The summed E-state index contributed by atoms with van der Waals surface area (Å²) in [4.78, 5) is -0.247. The van der Waals surface area contributed by atoms with Crippen LogP contribution in [0.25, 0.3) is 0 Å². The zero-order valence-electron chi connectivity index (χ0n) is 8.40. The van der Waals surface area contributed by atoms with Gasteiger partial charge in [0.05, 0.1) is 8.66 Å². The molecular weight excluding hydrogens is 327 g/mol. The molecule has 0 aliphatic carbocycles. The highest BCUT2D eigenvalue weighted by atomic mass is 35.5. The van der Waals surface area contributed by atoms with Gasteiger partial charge in [-0.1, -0.05) is 0 Å². The third-order valence-electron chi connectivity index (χ3n) is 1.63. The van der Waals surface area contributed by atoms with Crippen LogP contribution in [-0.4, -0.2) is 30.8 Å². The van der Waals surface area contributed by atoms with Gasteiger partial charge in [-0.05, 0) is 24.9 Å². The summed E-state index contributed by atoms with van der Waals surface area (Å²) in [7, 11) is 0. The van der Waals surface area contributed by atoms with Crippen molar-refractivity contribution in [2.24, 2.45) is 0 Å². The van der Waals surface area contributed by atoms with E-state index in [4.69, 9.17) is 23.2 Å². The average Bonchev–Trinajstić information content (AvgIpc) is 2.19. The molecule has 1 heterocycles. The molecule has 0 saturated carbocycles. The highest BCUT2D eigenvalue weighted by molar-refractivity contribution is 8.19. The fourth-order valence-electron chi connectivity index (χ4n) is 0.776. The molecule has 1 rings (SSSR count). The van der Waals surface area contributed by atoms with Crippen molar-refractivity contribution < 1.29 is 0 Å². The number of halogens is 2. The van der Waals surface area contributed by atoms with Gasteiger partial charge in [0.1, 0.15) is 4.84 Å². The minimum atomic E-state index is -0.247. The van der Waals surface area contributed by atoms with Gasteiger partial charge >= 0.3 is 0 Å². The van der Waals surface area contributed by atoms with E-state index in [1.54, 1.807) is 0 Å². The molecule has 0 radical (unpaired) electrons. The van der Waals surface area contributed by atoms with Crippen LogP contribution in [0, 0.1) is 0 Å². The molecule has 0 N–H and O–H groups in total. The van der Waals surface area contributed by atoms with Gasteiger partial charge in [0.15, 0.2) is 0 Å². The Kier molecular flexibility index (Phi) is 10.7. The van der Waals surface area contributed by atoms with E-state index in [9.17, 15) is 0 Å². The average molecular weight is 343 g/mol. The first-order chi connectivity index (χ1) is 6.92. The highest BCUT2D eigenvalue weighted by Crippen LogP contribution is 2.47. The lowest BCUT2D eigenvalue weighted by molar-refractivity contribution is 0.945. The predicted octanol–water partition coefficient (Wildman–Crippen LogP) is 4.48. The van der Waals surface area contributed by atoms with Gasteiger partial charge in [0, 0.05) is 5.75 Å². The fraction of sp³-hybridized carbons (Fsp3) is 1.00. The van der Waals surface area contributed by atoms with Crippen molar-refractivity contribution in [3.8, 4) is 0 Å². The zero-order valence-corrected chi connectivity index (χ0v) is 14.2. The molecule has 0 spiro atoms. The molecule has 1 fully saturated rings. The van der Waals surface area contributed by atoms with E-state index >= 15 is 0 Å². The lowest BCUT2D eigenvalue weighted by atomic mass is 10.5. The molecule has 0 aromatic carbocycles.